The maximum absolute atomic E-state index is 13.3. The first-order valence-electron chi connectivity index (χ1n) is 6.78. The molecule has 0 saturated heterocycles. The summed E-state index contributed by atoms with van der Waals surface area (Å²) in [6, 6.07) is 5.06. The summed E-state index contributed by atoms with van der Waals surface area (Å²) in [6.07, 6.45) is 5.16. The van der Waals surface area contributed by atoms with E-state index in [9.17, 15) is 4.39 Å². The zero-order chi connectivity index (χ0) is 13.0. The number of hydrogen-bond acceptors (Lipinski definition) is 2. The van der Waals surface area contributed by atoms with E-state index in [-0.39, 0.29) is 12.4 Å². The van der Waals surface area contributed by atoms with Crippen LogP contribution >= 0.6 is 0 Å². The third-order valence-corrected chi connectivity index (χ3v) is 3.78. The Bertz CT molecular complexity index is 386. The fourth-order valence-corrected chi connectivity index (χ4v) is 2.48. The zero-order valence-electron chi connectivity index (χ0n) is 11.0. The summed E-state index contributed by atoms with van der Waals surface area (Å²) in [5.41, 5.74) is 7.07. The third-order valence-electron chi connectivity index (χ3n) is 3.78. The standard InChI is InChI=1S/C15H22FNO/c1-11-2-5-14(6-3-11)18-10-12-4-7-15(16)13(8-12)9-17/h4,7-8,11,14H,2-3,5-6,9-10,17H2,1H3. The number of benzene rings is 1. The highest BCUT2D eigenvalue weighted by atomic mass is 19.1. The lowest BCUT2D eigenvalue weighted by Gasteiger charge is -2.26. The van der Waals surface area contributed by atoms with Crippen molar-refractivity contribution in [3.8, 4) is 0 Å². The van der Waals surface area contributed by atoms with Crippen LogP contribution in [0.25, 0.3) is 0 Å². The van der Waals surface area contributed by atoms with Crippen molar-refractivity contribution in [3.63, 3.8) is 0 Å². The van der Waals surface area contributed by atoms with E-state index in [1.807, 2.05) is 0 Å². The molecule has 0 spiro atoms. The van der Waals surface area contributed by atoms with Crippen molar-refractivity contribution < 1.29 is 9.13 Å². The summed E-state index contributed by atoms with van der Waals surface area (Å²) >= 11 is 0. The average molecular weight is 251 g/mol. The van der Waals surface area contributed by atoms with Crippen molar-refractivity contribution in [2.24, 2.45) is 11.7 Å². The maximum atomic E-state index is 13.3. The number of halogens is 1. The van der Waals surface area contributed by atoms with Gasteiger partial charge in [-0.1, -0.05) is 13.0 Å². The minimum absolute atomic E-state index is 0.229. The molecule has 0 amide bonds. The quantitative estimate of drug-likeness (QED) is 0.890. The van der Waals surface area contributed by atoms with Crippen LogP contribution < -0.4 is 5.73 Å². The molecule has 2 rings (SSSR count). The monoisotopic (exact) mass is 251 g/mol. The van der Waals surface area contributed by atoms with Gasteiger partial charge in [0.25, 0.3) is 0 Å². The van der Waals surface area contributed by atoms with E-state index in [2.05, 4.69) is 6.92 Å². The van der Waals surface area contributed by atoms with E-state index in [1.54, 1.807) is 12.1 Å². The van der Waals surface area contributed by atoms with E-state index in [4.69, 9.17) is 10.5 Å². The Hall–Kier alpha value is -0.930. The molecule has 0 unspecified atom stereocenters. The maximum Gasteiger partial charge on any atom is 0.127 e. The first-order chi connectivity index (χ1) is 8.69. The smallest absolute Gasteiger partial charge is 0.127 e. The Kier molecular flexibility index (Phi) is 4.72. The molecule has 100 valence electrons. The highest BCUT2D eigenvalue weighted by molar-refractivity contribution is 5.24. The zero-order valence-corrected chi connectivity index (χ0v) is 11.0. The first kappa shape index (κ1) is 13.5. The highest BCUT2D eigenvalue weighted by Gasteiger charge is 2.18. The van der Waals surface area contributed by atoms with Crippen LogP contribution in [-0.2, 0) is 17.9 Å². The molecule has 18 heavy (non-hydrogen) atoms. The molecule has 1 aromatic rings. The van der Waals surface area contributed by atoms with E-state index < -0.39 is 0 Å². The topological polar surface area (TPSA) is 35.2 Å². The first-order valence-corrected chi connectivity index (χ1v) is 6.78. The number of ether oxygens (including phenoxy) is 1. The number of nitrogens with two attached hydrogens (primary N) is 1. The minimum Gasteiger partial charge on any atom is -0.374 e. The van der Waals surface area contributed by atoms with Crippen LogP contribution in [0.15, 0.2) is 18.2 Å². The van der Waals surface area contributed by atoms with Gasteiger partial charge in [-0.25, -0.2) is 4.39 Å². The lowest BCUT2D eigenvalue weighted by Crippen LogP contribution is -2.20. The van der Waals surface area contributed by atoms with Gasteiger partial charge in [0.05, 0.1) is 12.7 Å². The molecule has 0 bridgehead atoms. The minimum atomic E-state index is -0.229. The summed E-state index contributed by atoms with van der Waals surface area (Å²) in [4.78, 5) is 0. The van der Waals surface area contributed by atoms with Crippen molar-refractivity contribution in [2.45, 2.75) is 51.9 Å². The van der Waals surface area contributed by atoms with E-state index in [0.29, 0.717) is 18.3 Å². The Labute approximate surface area is 108 Å². The summed E-state index contributed by atoms with van der Waals surface area (Å²) in [5.74, 6) is 0.604. The predicted octanol–water partition coefficient (Wildman–Crippen LogP) is 3.38. The van der Waals surface area contributed by atoms with Crippen molar-refractivity contribution >= 4 is 0 Å². The Balaban J connectivity index is 1.86. The van der Waals surface area contributed by atoms with Gasteiger partial charge in [-0.3, -0.25) is 0 Å². The lowest BCUT2D eigenvalue weighted by molar-refractivity contribution is 0.00873. The SMILES string of the molecule is CC1CCC(OCc2ccc(F)c(CN)c2)CC1. The predicted molar refractivity (Wildman–Crippen MR) is 70.5 cm³/mol. The molecule has 0 heterocycles. The Morgan fingerprint density at radius 3 is 2.67 bits per heavy atom. The summed E-state index contributed by atoms with van der Waals surface area (Å²) < 4.78 is 19.2. The van der Waals surface area contributed by atoms with Gasteiger partial charge >= 0.3 is 0 Å². The van der Waals surface area contributed by atoms with Crippen LogP contribution in [0.5, 0.6) is 0 Å². The summed E-state index contributed by atoms with van der Waals surface area (Å²) in [7, 11) is 0. The van der Waals surface area contributed by atoms with Gasteiger partial charge in [0.15, 0.2) is 0 Å². The third kappa shape index (κ3) is 3.53. The van der Waals surface area contributed by atoms with Gasteiger partial charge in [0, 0.05) is 12.1 Å². The molecule has 2 nitrogen and oxygen atoms in total. The van der Waals surface area contributed by atoms with E-state index in [0.717, 1.165) is 24.3 Å². The summed E-state index contributed by atoms with van der Waals surface area (Å²) in [5, 5.41) is 0. The molecule has 1 aliphatic rings. The molecule has 1 aliphatic carbocycles. The van der Waals surface area contributed by atoms with Crippen LogP contribution in [0.1, 0.15) is 43.7 Å². The summed E-state index contributed by atoms with van der Waals surface area (Å²) in [6.45, 7) is 3.09. The Morgan fingerprint density at radius 2 is 2.00 bits per heavy atom. The van der Waals surface area contributed by atoms with E-state index >= 15 is 0 Å². The fraction of sp³-hybridized carbons (Fsp3) is 0.600. The molecule has 1 fully saturated rings. The highest BCUT2D eigenvalue weighted by Crippen LogP contribution is 2.26. The lowest BCUT2D eigenvalue weighted by atomic mass is 9.89. The van der Waals surface area contributed by atoms with Gasteiger partial charge in [0.1, 0.15) is 5.82 Å². The van der Waals surface area contributed by atoms with Crippen LogP contribution in [0, 0.1) is 11.7 Å². The van der Waals surface area contributed by atoms with Crippen molar-refractivity contribution in [3.05, 3.63) is 35.1 Å². The second-order valence-corrected chi connectivity index (χ2v) is 5.32. The van der Waals surface area contributed by atoms with Crippen molar-refractivity contribution in [2.75, 3.05) is 0 Å². The molecule has 0 aliphatic heterocycles. The molecule has 1 aromatic carbocycles. The molecule has 2 N–H and O–H groups in total. The molecular formula is C15H22FNO. The molecule has 0 radical (unpaired) electrons. The van der Waals surface area contributed by atoms with Gasteiger partial charge in [-0.15, -0.1) is 0 Å². The second kappa shape index (κ2) is 6.30. The van der Waals surface area contributed by atoms with Crippen LogP contribution in [-0.4, -0.2) is 6.10 Å². The molecule has 3 heteroatoms. The number of rotatable bonds is 4. The van der Waals surface area contributed by atoms with Gasteiger partial charge in [-0.05, 0) is 49.3 Å². The second-order valence-electron chi connectivity index (χ2n) is 5.32. The molecule has 0 aromatic heterocycles. The Morgan fingerprint density at radius 1 is 1.28 bits per heavy atom. The van der Waals surface area contributed by atoms with Gasteiger partial charge < -0.3 is 10.5 Å². The molecular weight excluding hydrogens is 229 g/mol. The van der Waals surface area contributed by atoms with Crippen LogP contribution in [0.4, 0.5) is 4.39 Å². The van der Waals surface area contributed by atoms with Crippen LogP contribution in [0.2, 0.25) is 0 Å². The van der Waals surface area contributed by atoms with Gasteiger partial charge in [0.2, 0.25) is 0 Å². The average Bonchev–Trinajstić information content (AvgIpc) is 2.39. The number of hydrogen-bond donors (Lipinski definition) is 1. The largest absolute Gasteiger partial charge is 0.374 e. The van der Waals surface area contributed by atoms with Crippen molar-refractivity contribution in [1.29, 1.82) is 0 Å². The normalized spacial score (nSPS) is 24.2. The molecule has 1 saturated carbocycles. The van der Waals surface area contributed by atoms with Crippen LogP contribution in [0.3, 0.4) is 0 Å². The molecule has 0 atom stereocenters. The van der Waals surface area contributed by atoms with E-state index in [1.165, 1.54) is 18.9 Å². The fourth-order valence-electron chi connectivity index (χ4n) is 2.48. The van der Waals surface area contributed by atoms with Crippen molar-refractivity contribution in [1.82, 2.24) is 0 Å². The van der Waals surface area contributed by atoms with Gasteiger partial charge in [-0.2, -0.15) is 0 Å².